The van der Waals surface area contributed by atoms with Crippen LogP contribution in [-0.2, 0) is 6.54 Å². The van der Waals surface area contributed by atoms with Gasteiger partial charge in [-0.25, -0.2) is 4.99 Å². The van der Waals surface area contributed by atoms with Crippen molar-refractivity contribution in [2.45, 2.75) is 51.6 Å². The standard InChI is InChI=1S/C14H22N4/c1-11-6-5-9-13(17-11)10-16-14(15)18-12-7-3-2-4-8-12/h5-6,9,12H,2-4,7-8,10H2,1H3,(H3,15,16,18). The Morgan fingerprint density at radius 1 is 1.39 bits per heavy atom. The first-order chi connectivity index (χ1) is 8.74. The molecule has 2 rings (SSSR count). The highest BCUT2D eigenvalue weighted by Crippen LogP contribution is 2.17. The van der Waals surface area contributed by atoms with E-state index in [0.717, 1.165) is 11.4 Å². The molecule has 0 saturated heterocycles. The summed E-state index contributed by atoms with van der Waals surface area (Å²) >= 11 is 0. The van der Waals surface area contributed by atoms with Crippen LogP contribution in [0.1, 0.15) is 43.5 Å². The minimum Gasteiger partial charge on any atom is -0.370 e. The zero-order chi connectivity index (χ0) is 12.8. The zero-order valence-electron chi connectivity index (χ0n) is 11.0. The highest BCUT2D eigenvalue weighted by Gasteiger charge is 2.13. The van der Waals surface area contributed by atoms with E-state index in [1.165, 1.54) is 32.1 Å². The van der Waals surface area contributed by atoms with Gasteiger partial charge in [-0.1, -0.05) is 25.3 Å². The summed E-state index contributed by atoms with van der Waals surface area (Å²) < 4.78 is 0. The van der Waals surface area contributed by atoms with Gasteiger partial charge in [0, 0.05) is 11.7 Å². The Morgan fingerprint density at radius 2 is 2.17 bits per heavy atom. The fourth-order valence-electron chi connectivity index (χ4n) is 2.36. The van der Waals surface area contributed by atoms with Crippen LogP contribution in [0.4, 0.5) is 0 Å². The molecule has 0 aliphatic heterocycles. The van der Waals surface area contributed by atoms with Crippen molar-refractivity contribution >= 4 is 5.96 Å². The van der Waals surface area contributed by atoms with Gasteiger partial charge in [0.15, 0.2) is 5.96 Å². The molecule has 0 atom stereocenters. The highest BCUT2D eigenvalue weighted by atomic mass is 15.1. The minimum atomic E-state index is 0.507. The molecule has 1 aromatic heterocycles. The van der Waals surface area contributed by atoms with E-state index >= 15 is 0 Å². The summed E-state index contributed by atoms with van der Waals surface area (Å²) in [5.74, 6) is 0.546. The van der Waals surface area contributed by atoms with E-state index < -0.39 is 0 Å². The summed E-state index contributed by atoms with van der Waals surface area (Å²) in [6.07, 6.45) is 6.36. The second kappa shape index (κ2) is 6.38. The van der Waals surface area contributed by atoms with Crippen LogP contribution in [0.3, 0.4) is 0 Å². The van der Waals surface area contributed by atoms with Crippen molar-refractivity contribution in [1.29, 1.82) is 0 Å². The summed E-state index contributed by atoms with van der Waals surface area (Å²) in [5, 5.41) is 3.30. The number of guanidine groups is 1. The first-order valence-electron chi connectivity index (χ1n) is 6.73. The monoisotopic (exact) mass is 246 g/mol. The Labute approximate surface area is 109 Å². The number of rotatable bonds is 3. The number of nitrogens with two attached hydrogens (primary N) is 1. The summed E-state index contributed by atoms with van der Waals surface area (Å²) in [6.45, 7) is 2.53. The van der Waals surface area contributed by atoms with E-state index in [1.807, 2.05) is 25.1 Å². The molecule has 1 saturated carbocycles. The maximum atomic E-state index is 5.90. The third-order valence-electron chi connectivity index (χ3n) is 3.31. The predicted molar refractivity (Wildman–Crippen MR) is 74.3 cm³/mol. The fraction of sp³-hybridized carbons (Fsp3) is 0.571. The summed E-state index contributed by atoms with van der Waals surface area (Å²) in [6, 6.07) is 6.46. The van der Waals surface area contributed by atoms with Crippen LogP contribution in [0.15, 0.2) is 23.2 Å². The normalized spacial score (nSPS) is 17.7. The quantitative estimate of drug-likeness (QED) is 0.634. The molecule has 1 aromatic rings. The number of hydrogen-bond donors (Lipinski definition) is 2. The molecule has 1 aliphatic carbocycles. The summed E-state index contributed by atoms with van der Waals surface area (Å²) in [7, 11) is 0. The smallest absolute Gasteiger partial charge is 0.189 e. The van der Waals surface area contributed by atoms with Gasteiger partial charge in [-0.05, 0) is 31.9 Å². The lowest BCUT2D eigenvalue weighted by Gasteiger charge is -2.23. The fourth-order valence-corrected chi connectivity index (χ4v) is 2.36. The molecular formula is C14H22N4. The van der Waals surface area contributed by atoms with Crippen molar-refractivity contribution < 1.29 is 0 Å². The molecule has 0 unspecified atom stereocenters. The van der Waals surface area contributed by atoms with Crippen LogP contribution >= 0.6 is 0 Å². The molecule has 18 heavy (non-hydrogen) atoms. The topological polar surface area (TPSA) is 63.3 Å². The van der Waals surface area contributed by atoms with Crippen molar-refractivity contribution in [3.8, 4) is 0 Å². The average Bonchev–Trinajstić information content (AvgIpc) is 2.38. The van der Waals surface area contributed by atoms with Gasteiger partial charge in [-0.2, -0.15) is 0 Å². The lowest BCUT2D eigenvalue weighted by atomic mass is 9.96. The van der Waals surface area contributed by atoms with Gasteiger partial charge < -0.3 is 11.1 Å². The van der Waals surface area contributed by atoms with Gasteiger partial charge in [-0.15, -0.1) is 0 Å². The molecular weight excluding hydrogens is 224 g/mol. The summed E-state index contributed by atoms with van der Waals surface area (Å²) in [4.78, 5) is 8.75. The van der Waals surface area contributed by atoms with Crippen LogP contribution in [-0.4, -0.2) is 17.0 Å². The maximum Gasteiger partial charge on any atom is 0.189 e. The Bertz CT molecular complexity index is 408. The molecule has 1 fully saturated rings. The van der Waals surface area contributed by atoms with Gasteiger partial charge in [0.2, 0.25) is 0 Å². The van der Waals surface area contributed by atoms with Gasteiger partial charge in [0.25, 0.3) is 0 Å². The van der Waals surface area contributed by atoms with Crippen LogP contribution in [0.25, 0.3) is 0 Å². The van der Waals surface area contributed by atoms with E-state index in [1.54, 1.807) is 0 Å². The number of hydrogen-bond acceptors (Lipinski definition) is 2. The van der Waals surface area contributed by atoms with E-state index in [2.05, 4.69) is 15.3 Å². The van der Waals surface area contributed by atoms with Crippen molar-refractivity contribution in [3.05, 3.63) is 29.6 Å². The molecule has 98 valence electrons. The van der Waals surface area contributed by atoms with Crippen molar-refractivity contribution in [2.75, 3.05) is 0 Å². The highest BCUT2D eigenvalue weighted by molar-refractivity contribution is 5.78. The first-order valence-corrected chi connectivity index (χ1v) is 6.73. The third-order valence-corrected chi connectivity index (χ3v) is 3.31. The second-order valence-corrected chi connectivity index (χ2v) is 4.95. The first kappa shape index (κ1) is 12.9. The second-order valence-electron chi connectivity index (χ2n) is 4.95. The molecule has 0 spiro atoms. The summed E-state index contributed by atoms with van der Waals surface area (Å²) in [5.41, 5.74) is 7.88. The van der Waals surface area contributed by atoms with Crippen LogP contribution in [0, 0.1) is 6.92 Å². The third kappa shape index (κ3) is 4.02. The largest absolute Gasteiger partial charge is 0.370 e. The minimum absolute atomic E-state index is 0.507. The van der Waals surface area contributed by atoms with E-state index in [0.29, 0.717) is 18.5 Å². The molecule has 4 heteroatoms. The molecule has 0 amide bonds. The SMILES string of the molecule is Cc1cccc(CN=C(N)NC2CCCCC2)n1. The maximum absolute atomic E-state index is 5.90. The molecule has 0 radical (unpaired) electrons. The van der Waals surface area contributed by atoms with Crippen molar-refractivity contribution in [1.82, 2.24) is 10.3 Å². The zero-order valence-corrected chi connectivity index (χ0v) is 11.0. The lowest BCUT2D eigenvalue weighted by molar-refractivity contribution is 0.412. The van der Waals surface area contributed by atoms with Gasteiger partial charge in [-0.3, -0.25) is 4.98 Å². The van der Waals surface area contributed by atoms with E-state index in [4.69, 9.17) is 5.73 Å². The van der Waals surface area contributed by atoms with Crippen molar-refractivity contribution in [3.63, 3.8) is 0 Å². The Kier molecular flexibility index (Phi) is 4.56. The predicted octanol–water partition coefficient (Wildman–Crippen LogP) is 2.13. The van der Waals surface area contributed by atoms with Gasteiger partial charge >= 0.3 is 0 Å². The molecule has 0 aromatic carbocycles. The Hall–Kier alpha value is -1.58. The van der Waals surface area contributed by atoms with Crippen LogP contribution in [0.5, 0.6) is 0 Å². The van der Waals surface area contributed by atoms with Crippen molar-refractivity contribution in [2.24, 2.45) is 10.7 Å². The number of nitrogens with zero attached hydrogens (tertiary/aromatic N) is 2. The van der Waals surface area contributed by atoms with Crippen LogP contribution in [0.2, 0.25) is 0 Å². The number of pyridine rings is 1. The number of aromatic nitrogens is 1. The lowest BCUT2D eigenvalue weighted by Crippen LogP contribution is -2.41. The Morgan fingerprint density at radius 3 is 2.89 bits per heavy atom. The molecule has 3 N–H and O–H groups in total. The van der Waals surface area contributed by atoms with Crippen LogP contribution < -0.4 is 11.1 Å². The number of aliphatic imine (C=N–C) groups is 1. The average molecular weight is 246 g/mol. The molecule has 1 aliphatic rings. The molecule has 4 nitrogen and oxygen atoms in total. The number of aryl methyl sites for hydroxylation is 1. The van der Waals surface area contributed by atoms with E-state index in [-0.39, 0.29) is 0 Å². The van der Waals surface area contributed by atoms with Gasteiger partial charge in [0.1, 0.15) is 0 Å². The number of nitrogens with one attached hydrogen (secondary N) is 1. The van der Waals surface area contributed by atoms with Gasteiger partial charge in [0.05, 0.1) is 12.2 Å². The van der Waals surface area contributed by atoms with E-state index in [9.17, 15) is 0 Å². The molecule has 0 bridgehead atoms. The Balaban J connectivity index is 1.84. The molecule has 1 heterocycles.